The Morgan fingerprint density at radius 3 is 2.50 bits per heavy atom. The van der Waals surface area contributed by atoms with Crippen LogP contribution in [0.3, 0.4) is 0 Å². The van der Waals surface area contributed by atoms with Crippen LogP contribution in [-0.2, 0) is 0 Å². The van der Waals surface area contributed by atoms with Gasteiger partial charge in [-0.15, -0.1) is 0 Å². The van der Waals surface area contributed by atoms with Gasteiger partial charge in [-0.05, 0) is 18.3 Å². The Hall–Kier alpha value is -1.39. The van der Waals surface area contributed by atoms with Gasteiger partial charge in [0.2, 0.25) is 5.95 Å². The van der Waals surface area contributed by atoms with Crippen LogP contribution in [0, 0.1) is 11.2 Å². The van der Waals surface area contributed by atoms with Gasteiger partial charge >= 0.3 is 0 Å². The molecule has 1 aliphatic rings. The van der Waals surface area contributed by atoms with Gasteiger partial charge in [-0.25, -0.2) is 9.37 Å². The van der Waals surface area contributed by atoms with E-state index in [2.05, 4.69) is 23.8 Å². The van der Waals surface area contributed by atoms with Crippen LogP contribution in [0.15, 0.2) is 6.20 Å². The van der Waals surface area contributed by atoms with E-state index in [9.17, 15) is 4.39 Å². The molecule has 2 rings (SSSR count). The van der Waals surface area contributed by atoms with Crippen molar-refractivity contribution in [1.29, 1.82) is 0 Å². The van der Waals surface area contributed by atoms with Crippen LogP contribution in [0.5, 0.6) is 0 Å². The summed E-state index contributed by atoms with van der Waals surface area (Å²) >= 11 is 0. The van der Waals surface area contributed by atoms with E-state index in [0.717, 1.165) is 32.1 Å². The van der Waals surface area contributed by atoms with Crippen LogP contribution in [0.4, 0.5) is 16.2 Å². The van der Waals surface area contributed by atoms with Crippen molar-refractivity contribution in [3.8, 4) is 0 Å². The fourth-order valence-electron chi connectivity index (χ4n) is 2.74. The number of hydrogen-bond donors (Lipinski definition) is 1. The smallest absolute Gasteiger partial charge is 0.222 e. The van der Waals surface area contributed by atoms with Gasteiger partial charge < -0.3 is 10.6 Å². The van der Waals surface area contributed by atoms with Crippen molar-refractivity contribution in [2.45, 2.75) is 39.5 Å². The summed E-state index contributed by atoms with van der Waals surface area (Å²) in [6.45, 7) is 6.16. The highest BCUT2D eigenvalue weighted by atomic mass is 19.1. The Kier molecular flexibility index (Phi) is 3.68. The van der Waals surface area contributed by atoms with E-state index < -0.39 is 0 Å². The number of nitrogens with two attached hydrogens (primary N) is 1. The molecule has 2 heterocycles. The fraction of sp³-hybridized carbons (Fsp3) is 0.692. The summed E-state index contributed by atoms with van der Waals surface area (Å²) in [6, 6.07) is 0. The number of rotatable bonds is 3. The maximum absolute atomic E-state index is 13.7. The maximum atomic E-state index is 13.7. The summed E-state index contributed by atoms with van der Waals surface area (Å²) < 4.78 is 13.7. The molecule has 18 heavy (non-hydrogen) atoms. The predicted molar refractivity (Wildman–Crippen MR) is 70.9 cm³/mol. The van der Waals surface area contributed by atoms with Gasteiger partial charge in [0.05, 0.1) is 6.20 Å². The summed E-state index contributed by atoms with van der Waals surface area (Å²) in [5.74, 6) is 0.0993. The Balaban J connectivity index is 2.12. The molecule has 1 fully saturated rings. The van der Waals surface area contributed by atoms with Crippen LogP contribution >= 0.6 is 0 Å². The molecule has 1 aromatic rings. The Morgan fingerprint density at radius 1 is 1.33 bits per heavy atom. The average molecular weight is 252 g/mol. The molecule has 0 radical (unpaired) electrons. The molecule has 0 bridgehead atoms. The average Bonchev–Trinajstić information content (AvgIpc) is 2.42. The Labute approximate surface area is 107 Å². The first-order valence-electron chi connectivity index (χ1n) is 6.63. The minimum Gasteiger partial charge on any atom is -0.368 e. The zero-order valence-electron chi connectivity index (χ0n) is 11.1. The molecule has 4 nitrogen and oxygen atoms in total. The van der Waals surface area contributed by atoms with Gasteiger partial charge in [-0.1, -0.05) is 26.7 Å². The minimum absolute atomic E-state index is 0.134. The molecule has 100 valence electrons. The lowest BCUT2D eigenvalue weighted by Gasteiger charge is -2.41. The number of hydrogen-bond acceptors (Lipinski definition) is 4. The van der Waals surface area contributed by atoms with Gasteiger partial charge in [-0.3, -0.25) is 0 Å². The van der Waals surface area contributed by atoms with Gasteiger partial charge in [0.1, 0.15) is 0 Å². The fourth-order valence-corrected chi connectivity index (χ4v) is 2.74. The SMILES string of the molecule is CCC1(CC)CCN(c2nc(N)ncc2F)CC1. The standard InChI is InChI=1S/C13H21FN4/c1-3-13(4-2)5-7-18(8-6-13)11-10(14)9-16-12(15)17-11/h9H,3-8H2,1-2H3,(H2,15,16,17). The number of piperidine rings is 1. The molecule has 0 saturated carbocycles. The largest absolute Gasteiger partial charge is 0.368 e. The number of nitrogen functional groups attached to an aromatic ring is 1. The second kappa shape index (κ2) is 5.08. The number of halogens is 1. The molecule has 1 saturated heterocycles. The second-order valence-corrected chi connectivity index (χ2v) is 5.09. The lowest BCUT2D eigenvalue weighted by atomic mass is 9.74. The van der Waals surface area contributed by atoms with E-state index in [1.165, 1.54) is 12.8 Å². The Bertz CT molecular complexity index is 407. The molecule has 2 N–H and O–H groups in total. The first kappa shape index (κ1) is 13.1. The molecular formula is C13H21FN4. The van der Waals surface area contributed by atoms with Gasteiger partial charge in [0, 0.05) is 13.1 Å². The maximum Gasteiger partial charge on any atom is 0.222 e. The van der Waals surface area contributed by atoms with Gasteiger partial charge in [0.25, 0.3) is 0 Å². The van der Waals surface area contributed by atoms with E-state index in [1.807, 2.05) is 4.90 Å². The lowest BCUT2D eigenvalue weighted by Crippen LogP contribution is -2.40. The molecule has 0 spiro atoms. The van der Waals surface area contributed by atoms with Crippen molar-refractivity contribution in [1.82, 2.24) is 9.97 Å². The molecule has 0 atom stereocenters. The molecule has 0 aliphatic carbocycles. The molecule has 0 amide bonds. The van der Waals surface area contributed by atoms with Crippen LogP contribution < -0.4 is 10.6 Å². The predicted octanol–water partition coefficient (Wildman–Crippen LogP) is 2.60. The summed E-state index contributed by atoms with van der Waals surface area (Å²) in [4.78, 5) is 9.66. The first-order valence-corrected chi connectivity index (χ1v) is 6.63. The van der Waals surface area contributed by atoms with E-state index in [0.29, 0.717) is 11.2 Å². The molecular weight excluding hydrogens is 231 g/mol. The number of anilines is 2. The molecule has 1 aliphatic heterocycles. The Morgan fingerprint density at radius 2 is 1.94 bits per heavy atom. The van der Waals surface area contributed by atoms with Crippen LogP contribution in [0.25, 0.3) is 0 Å². The summed E-state index contributed by atoms with van der Waals surface area (Å²) in [5.41, 5.74) is 5.95. The van der Waals surface area contributed by atoms with Crippen molar-refractivity contribution in [3.05, 3.63) is 12.0 Å². The van der Waals surface area contributed by atoms with Crippen molar-refractivity contribution in [2.24, 2.45) is 5.41 Å². The zero-order chi connectivity index (χ0) is 13.2. The highest BCUT2D eigenvalue weighted by Crippen LogP contribution is 2.39. The van der Waals surface area contributed by atoms with E-state index >= 15 is 0 Å². The summed E-state index contributed by atoms with van der Waals surface area (Å²) in [5, 5.41) is 0. The lowest BCUT2D eigenvalue weighted by molar-refractivity contribution is 0.198. The van der Waals surface area contributed by atoms with Crippen LogP contribution in [0.2, 0.25) is 0 Å². The normalized spacial score (nSPS) is 18.9. The number of aromatic nitrogens is 2. The zero-order valence-corrected chi connectivity index (χ0v) is 11.1. The van der Waals surface area contributed by atoms with E-state index in [-0.39, 0.29) is 11.8 Å². The highest BCUT2D eigenvalue weighted by molar-refractivity contribution is 5.43. The third kappa shape index (κ3) is 2.40. The van der Waals surface area contributed by atoms with Crippen molar-refractivity contribution >= 4 is 11.8 Å². The molecule has 5 heteroatoms. The summed E-state index contributed by atoms with van der Waals surface area (Å²) in [7, 11) is 0. The van der Waals surface area contributed by atoms with Crippen LogP contribution in [-0.4, -0.2) is 23.1 Å². The highest BCUT2D eigenvalue weighted by Gasteiger charge is 2.32. The van der Waals surface area contributed by atoms with Gasteiger partial charge in [0.15, 0.2) is 11.6 Å². The van der Waals surface area contributed by atoms with Crippen LogP contribution in [0.1, 0.15) is 39.5 Å². The first-order chi connectivity index (χ1) is 8.60. The van der Waals surface area contributed by atoms with Crippen molar-refractivity contribution in [2.75, 3.05) is 23.7 Å². The molecule has 0 unspecified atom stereocenters. The van der Waals surface area contributed by atoms with Crippen molar-refractivity contribution in [3.63, 3.8) is 0 Å². The third-order valence-electron chi connectivity index (χ3n) is 4.37. The minimum atomic E-state index is -0.385. The topological polar surface area (TPSA) is 55.0 Å². The number of nitrogens with zero attached hydrogens (tertiary/aromatic N) is 3. The second-order valence-electron chi connectivity index (χ2n) is 5.09. The van der Waals surface area contributed by atoms with Gasteiger partial charge in [-0.2, -0.15) is 4.98 Å². The third-order valence-corrected chi connectivity index (χ3v) is 4.37. The van der Waals surface area contributed by atoms with E-state index in [4.69, 9.17) is 5.73 Å². The summed E-state index contributed by atoms with van der Waals surface area (Å²) in [6.07, 6.45) is 5.70. The van der Waals surface area contributed by atoms with Crippen molar-refractivity contribution < 1.29 is 4.39 Å². The van der Waals surface area contributed by atoms with E-state index in [1.54, 1.807) is 0 Å². The monoisotopic (exact) mass is 252 g/mol. The quantitative estimate of drug-likeness (QED) is 0.898. The molecule has 0 aromatic carbocycles. The molecule has 1 aromatic heterocycles.